The summed E-state index contributed by atoms with van der Waals surface area (Å²) in [5, 5.41) is 0. The van der Waals surface area contributed by atoms with Crippen molar-refractivity contribution in [2.45, 2.75) is 32.2 Å². The molecule has 4 heteroatoms. The molecule has 24 heavy (non-hydrogen) atoms. The molecule has 0 bridgehead atoms. The van der Waals surface area contributed by atoms with Crippen molar-refractivity contribution in [2.75, 3.05) is 11.5 Å². The van der Waals surface area contributed by atoms with Gasteiger partial charge in [0, 0.05) is 12.1 Å². The fourth-order valence-corrected chi connectivity index (χ4v) is 3.16. The lowest BCUT2D eigenvalue weighted by atomic mass is 10.0. The predicted molar refractivity (Wildman–Crippen MR) is 93.6 cm³/mol. The zero-order valence-electron chi connectivity index (χ0n) is 13.8. The van der Waals surface area contributed by atoms with E-state index in [1.54, 1.807) is 6.07 Å². The standard InChI is InChI=1S/C20H21NO3/c1-15-7-5-11-19(18(15)13-22)24-14-17-10-6-12-20(23)21(17)16-8-3-2-4-9-16/h2-5,7-9,11,13,17H,6,10,12,14H2,1H3/t17-/m0/s1. The van der Waals surface area contributed by atoms with Gasteiger partial charge >= 0.3 is 0 Å². The van der Waals surface area contributed by atoms with Crippen LogP contribution in [-0.2, 0) is 4.79 Å². The summed E-state index contributed by atoms with van der Waals surface area (Å²) >= 11 is 0. The lowest BCUT2D eigenvalue weighted by Gasteiger charge is -2.35. The number of hydrogen-bond donors (Lipinski definition) is 0. The van der Waals surface area contributed by atoms with E-state index in [4.69, 9.17) is 4.74 Å². The first kappa shape index (κ1) is 16.2. The van der Waals surface area contributed by atoms with Crippen LogP contribution < -0.4 is 9.64 Å². The second-order valence-corrected chi connectivity index (χ2v) is 6.06. The van der Waals surface area contributed by atoms with Crippen LogP contribution in [0.2, 0.25) is 0 Å². The van der Waals surface area contributed by atoms with E-state index >= 15 is 0 Å². The van der Waals surface area contributed by atoms with E-state index in [-0.39, 0.29) is 11.9 Å². The zero-order chi connectivity index (χ0) is 16.9. The summed E-state index contributed by atoms with van der Waals surface area (Å²) in [6.45, 7) is 2.27. The molecule has 4 nitrogen and oxygen atoms in total. The molecular formula is C20H21NO3. The molecule has 1 aliphatic rings. The first-order valence-corrected chi connectivity index (χ1v) is 8.25. The molecule has 0 aromatic heterocycles. The number of para-hydroxylation sites is 1. The number of hydrogen-bond acceptors (Lipinski definition) is 3. The molecule has 1 saturated heterocycles. The maximum atomic E-state index is 12.4. The monoisotopic (exact) mass is 323 g/mol. The van der Waals surface area contributed by atoms with Crippen molar-refractivity contribution in [3.05, 3.63) is 59.7 Å². The molecule has 1 aliphatic heterocycles. The number of nitrogens with zero attached hydrogens (tertiary/aromatic N) is 1. The number of anilines is 1. The van der Waals surface area contributed by atoms with Gasteiger partial charge in [-0.2, -0.15) is 0 Å². The highest BCUT2D eigenvalue weighted by molar-refractivity contribution is 5.94. The van der Waals surface area contributed by atoms with E-state index < -0.39 is 0 Å². The van der Waals surface area contributed by atoms with Crippen molar-refractivity contribution in [3.8, 4) is 5.75 Å². The van der Waals surface area contributed by atoms with Crippen LogP contribution >= 0.6 is 0 Å². The SMILES string of the molecule is Cc1cccc(OC[C@@H]2CCCC(=O)N2c2ccccc2)c1C=O. The maximum Gasteiger partial charge on any atom is 0.227 e. The number of aldehydes is 1. The van der Waals surface area contributed by atoms with E-state index in [0.717, 1.165) is 30.4 Å². The molecule has 0 saturated carbocycles. The number of aryl methyl sites for hydroxylation is 1. The van der Waals surface area contributed by atoms with Gasteiger partial charge in [0.2, 0.25) is 5.91 Å². The van der Waals surface area contributed by atoms with Crippen LogP contribution in [0.25, 0.3) is 0 Å². The van der Waals surface area contributed by atoms with Gasteiger partial charge in [0.25, 0.3) is 0 Å². The zero-order valence-corrected chi connectivity index (χ0v) is 13.8. The Hall–Kier alpha value is -2.62. The highest BCUT2D eigenvalue weighted by atomic mass is 16.5. The van der Waals surface area contributed by atoms with Gasteiger partial charge in [-0.15, -0.1) is 0 Å². The smallest absolute Gasteiger partial charge is 0.227 e. The van der Waals surface area contributed by atoms with E-state index in [1.807, 2.05) is 54.3 Å². The van der Waals surface area contributed by atoms with Crippen LogP contribution in [-0.4, -0.2) is 24.8 Å². The van der Waals surface area contributed by atoms with Crippen molar-refractivity contribution in [2.24, 2.45) is 0 Å². The largest absolute Gasteiger partial charge is 0.491 e. The summed E-state index contributed by atoms with van der Waals surface area (Å²) in [4.78, 5) is 25.5. The molecule has 1 heterocycles. The molecule has 0 radical (unpaired) electrons. The Morgan fingerprint density at radius 1 is 1.17 bits per heavy atom. The molecule has 0 unspecified atom stereocenters. The third-order valence-corrected chi connectivity index (χ3v) is 4.43. The van der Waals surface area contributed by atoms with Gasteiger partial charge in [0.1, 0.15) is 12.4 Å². The van der Waals surface area contributed by atoms with Gasteiger partial charge in [-0.3, -0.25) is 9.59 Å². The average molecular weight is 323 g/mol. The lowest BCUT2D eigenvalue weighted by molar-refractivity contribution is -0.120. The van der Waals surface area contributed by atoms with Gasteiger partial charge in [-0.1, -0.05) is 30.3 Å². The number of benzene rings is 2. The number of carbonyl (C=O) groups is 2. The Balaban J connectivity index is 1.79. The van der Waals surface area contributed by atoms with Crippen molar-refractivity contribution >= 4 is 17.9 Å². The molecule has 0 spiro atoms. The highest BCUT2D eigenvalue weighted by Crippen LogP contribution is 2.27. The summed E-state index contributed by atoms with van der Waals surface area (Å²) in [7, 11) is 0. The summed E-state index contributed by atoms with van der Waals surface area (Å²) in [6.07, 6.45) is 3.15. The van der Waals surface area contributed by atoms with Crippen molar-refractivity contribution < 1.29 is 14.3 Å². The van der Waals surface area contributed by atoms with Gasteiger partial charge < -0.3 is 9.64 Å². The number of piperidine rings is 1. The summed E-state index contributed by atoms with van der Waals surface area (Å²) in [5.74, 6) is 0.705. The Bertz CT molecular complexity index is 727. The van der Waals surface area contributed by atoms with Crippen LogP contribution in [0.3, 0.4) is 0 Å². The molecule has 2 aromatic rings. The molecule has 124 valence electrons. The molecule has 1 amide bonds. The molecule has 3 rings (SSSR count). The van der Waals surface area contributed by atoms with Gasteiger partial charge in [-0.25, -0.2) is 0 Å². The highest BCUT2D eigenvalue weighted by Gasteiger charge is 2.29. The minimum atomic E-state index is -0.0198. The topological polar surface area (TPSA) is 46.6 Å². The minimum absolute atomic E-state index is 0.0198. The van der Waals surface area contributed by atoms with Crippen LogP contribution in [0.15, 0.2) is 48.5 Å². The molecule has 0 N–H and O–H groups in total. The summed E-state index contributed by atoms with van der Waals surface area (Å²) in [5.41, 5.74) is 2.36. The fourth-order valence-electron chi connectivity index (χ4n) is 3.16. The first-order chi connectivity index (χ1) is 11.7. The van der Waals surface area contributed by atoms with E-state index in [9.17, 15) is 9.59 Å². The maximum absolute atomic E-state index is 12.4. The number of ether oxygens (including phenoxy) is 1. The van der Waals surface area contributed by atoms with Crippen LogP contribution in [0.4, 0.5) is 5.69 Å². The lowest BCUT2D eigenvalue weighted by Crippen LogP contribution is -2.47. The van der Waals surface area contributed by atoms with Crippen LogP contribution in [0, 0.1) is 6.92 Å². The van der Waals surface area contributed by atoms with Crippen molar-refractivity contribution in [3.63, 3.8) is 0 Å². The minimum Gasteiger partial charge on any atom is -0.491 e. The fraction of sp³-hybridized carbons (Fsp3) is 0.300. The Kier molecular flexibility index (Phi) is 4.94. The second-order valence-electron chi connectivity index (χ2n) is 6.06. The van der Waals surface area contributed by atoms with E-state index in [0.29, 0.717) is 24.3 Å². The molecule has 2 aromatic carbocycles. The Morgan fingerprint density at radius 2 is 1.96 bits per heavy atom. The summed E-state index contributed by atoms with van der Waals surface area (Å²) < 4.78 is 5.92. The first-order valence-electron chi connectivity index (χ1n) is 8.25. The summed E-state index contributed by atoms with van der Waals surface area (Å²) in [6, 6.07) is 15.2. The second kappa shape index (κ2) is 7.30. The Labute approximate surface area is 142 Å². The molecule has 1 fully saturated rings. The quantitative estimate of drug-likeness (QED) is 0.787. The molecule has 0 aliphatic carbocycles. The van der Waals surface area contributed by atoms with Crippen LogP contribution in [0.1, 0.15) is 35.2 Å². The number of amides is 1. The van der Waals surface area contributed by atoms with Crippen molar-refractivity contribution in [1.29, 1.82) is 0 Å². The predicted octanol–water partition coefficient (Wildman–Crippen LogP) is 3.77. The third-order valence-electron chi connectivity index (χ3n) is 4.43. The number of rotatable bonds is 5. The van der Waals surface area contributed by atoms with E-state index in [2.05, 4.69) is 0 Å². The Morgan fingerprint density at radius 3 is 2.71 bits per heavy atom. The molecular weight excluding hydrogens is 302 g/mol. The average Bonchev–Trinajstić information content (AvgIpc) is 2.60. The molecule has 1 atom stereocenters. The van der Waals surface area contributed by atoms with Crippen molar-refractivity contribution in [1.82, 2.24) is 0 Å². The van der Waals surface area contributed by atoms with Gasteiger partial charge in [0.05, 0.1) is 11.6 Å². The van der Waals surface area contributed by atoms with Gasteiger partial charge in [0.15, 0.2) is 6.29 Å². The van der Waals surface area contributed by atoms with Crippen LogP contribution in [0.5, 0.6) is 5.75 Å². The normalized spacial score (nSPS) is 17.6. The number of carbonyl (C=O) groups excluding carboxylic acids is 2. The van der Waals surface area contributed by atoms with Gasteiger partial charge in [-0.05, 0) is 43.5 Å². The third kappa shape index (κ3) is 3.32. The van der Waals surface area contributed by atoms with E-state index in [1.165, 1.54) is 0 Å².